The summed E-state index contributed by atoms with van der Waals surface area (Å²) in [7, 11) is 3.94. The molecule has 4 aromatic rings. The lowest BCUT2D eigenvalue weighted by Crippen LogP contribution is -2.53. The SMILES string of the molecule is CCOc1cc2ncnc(-c3cn(C)nc3-c3ccccc3)c2cc1OC(=O)N1CCN(C)CC1C. The molecule has 0 bridgehead atoms. The van der Waals surface area contributed by atoms with E-state index in [9.17, 15) is 4.79 Å². The second-order valence-corrected chi connectivity index (χ2v) is 9.08. The van der Waals surface area contributed by atoms with E-state index in [2.05, 4.69) is 21.9 Å². The first-order valence-electron chi connectivity index (χ1n) is 12.1. The van der Waals surface area contributed by atoms with Crippen molar-refractivity contribution in [2.45, 2.75) is 19.9 Å². The van der Waals surface area contributed by atoms with Crippen molar-refractivity contribution in [3.63, 3.8) is 0 Å². The highest BCUT2D eigenvalue weighted by Gasteiger charge is 2.28. The number of carbonyl (C=O) groups is 1. The summed E-state index contributed by atoms with van der Waals surface area (Å²) >= 11 is 0. The monoisotopic (exact) mass is 486 g/mol. The number of piperazine rings is 1. The maximum Gasteiger partial charge on any atom is 0.415 e. The molecule has 0 saturated carbocycles. The van der Waals surface area contributed by atoms with Crippen LogP contribution in [0.25, 0.3) is 33.4 Å². The summed E-state index contributed by atoms with van der Waals surface area (Å²) in [6.45, 7) is 6.56. The van der Waals surface area contributed by atoms with Crippen molar-refractivity contribution >= 4 is 17.0 Å². The van der Waals surface area contributed by atoms with Crippen LogP contribution in [0.3, 0.4) is 0 Å². The average Bonchev–Trinajstić information content (AvgIpc) is 3.26. The first-order chi connectivity index (χ1) is 17.4. The van der Waals surface area contributed by atoms with Gasteiger partial charge in [0.05, 0.1) is 17.8 Å². The zero-order valence-corrected chi connectivity index (χ0v) is 21.0. The summed E-state index contributed by atoms with van der Waals surface area (Å²) in [5, 5.41) is 5.44. The Bertz CT molecular complexity index is 1390. The second kappa shape index (κ2) is 9.94. The minimum Gasteiger partial charge on any atom is -0.490 e. The molecule has 3 heterocycles. The summed E-state index contributed by atoms with van der Waals surface area (Å²) in [6, 6.07) is 13.6. The second-order valence-electron chi connectivity index (χ2n) is 9.08. The number of amides is 1. The number of benzene rings is 2. The maximum absolute atomic E-state index is 13.2. The van der Waals surface area contributed by atoms with Crippen LogP contribution in [-0.4, -0.2) is 75.0 Å². The normalized spacial score (nSPS) is 16.3. The Morgan fingerprint density at radius 1 is 1.06 bits per heavy atom. The molecule has 9 heteroatoms. The van der Waals surface area contributed by atoms with Gasteiger partial charge in [-0.05, 0) is 27.0 Å². The molecule has 1 fully saturated rings. The molecule has 0 aliphatic carbocycles. The third kappa shape index (κ3) is 4.61. The van der Waals surface area contributed by atoms with Gasteiger partial charge in [0.15, 0.2) is 11.5 Å². The average molecular weight is 487 g/mol. The summed E-state index contributed by atoms with van der Waals surface area (Å²) in [5.41, 5.74) is 4.07. The number of aromatic nitrogens is 4. The molecule has 1 aliphatic rings. The Balaban J connectivity index is 1.58. The van der Waals surface area contributed by atoms with Gasteiger partial charge in [0, 0.05) is 61.5 Å². The molecule has 1 aliphatic heterocycles. The molecular weight excluding hydrogens is 456 g/mol. The van der Waals surface area contributed by atoms with Crippen molar-refractivity contribution < 1.29 is 14.3 Å². The van der Waals surface area contributed by atoms with E-state index in [0.717, 1.165) is 35.3 Å². The van der Waals surface area contributed by atoms with Crippen molar-refractivity contribution in [1.29, 1.82) is 0 Å². The molecule has 5 rings (SSSR count). The van der Waals surface area contributed by atoms with Gasteiger partial charge in [0.25, 0.3) is 0 Å². The predicted molar refractivity (Wildman–Crippen MR) is 138 cm³/mol. The van der Waals surface area contributed by atoms with Crippen LogP contribution in [0.4, 0.5) is 4.79 Å². The molecule has 36 heavy (non-hydrogen) atoms. The third-order valence-electron chi connectivity index (χ3n) is 6.39. The van der Waals surface area contributed by atoms with Crippen LogP contribution in [0.5, 0.6) is 11.5 Å². The van der Waals surface area contributed by atoms with E-state index >= 15 is 0 Å². The van der Waals surface area contributed by atoms with E-state index < -0.39 is 0 Å². The molecule has 1 unspecified atom stereocenters. The summed E-state index contributed by atoms with van der Waals surface area (Å²) in [5.74, 6) is 0.820. The number of ether oxygens (including phenoxy) is 2. The van der Waals surface area contributed by atoms with Gasteiger partial charge >= 0.3 is 6.09 Å². The molecule has 186 valence electrons. The van der Waals surface area contributed by atoms with E-state index in [4.69, 9.17) is 14.6 Å². The largest absolute Gasteiger partial charge is 0.490 e. The summed E-state index contributed by atoms with van der Waals surface area (Å²) in [6.07, 6.45) is 3.09. The Hall–Kier alpha value is -3.98. The van der Waals surface area contributed by atoms with Crippen LogP contribution < -0.4 is 9.47 Å². The van der Waals surface area contributed by atoms with Gasteiger partial charge in [-0.25, -0.2) is 14.8 Å². The van der Waals surface area contributed by atoms with Crippen LogP contribution in [0.1, 0.15) is 13.8 Å². The van der Waals surface area contributed by atoms with Gasteiger partial charge in [0.1, 0.15) is 12.0 Å². The number of hydrogen-bond acceptors (Lipinski definition) is 7. The summed E-state index contributed by atoms with van der Waals surface area (Å²) < 4.78 is 13.5. The lowest BCUT2D eigenvalue weighted by molar-refractivity contribution is 0.0884. The van der Waals surface area contributed by atoms with Crippen molar-refractivity contribution in [2.75, 3.05) is 33.3 Å². The van der Waals surface area contributed by atoms with Crippen molar-refractivity contribution in [1.82, 2.24) is 29.5 Å². The quantitative estimate of drug-likeness (QED) is 0.417. The highest BCUT2D eigenvalue weighted by atomic mass is 16.6. The lowest BCUT2D eigenvalue weighted by atomic mass is 10.0. The molecule has 0 N–H and O–H groups in total. The van der Waals surface area contributed by atoms with E-state index in [-0.39, 0.29) is 12.1 Å². The van der Waals surface area contributed by atoms with Gasteiger partial charge in [-0.3, -0.25) is 4.68 Å². The first kappa shape index (κ1) is 23.7. The van der Waals surface area contributed by atoms with Crippen LogP contribution in [0.15, 0.2) is 55.0 Å². The molecule has 1 atom stereocenters. The number of carbonyl (C=O) groups excluding carboxylic acids is 1. The molecular formula is C27H30N6O3. The highest BCUT2D eigenvalue weighted by Crippen LogP contribution is 2.38. The molecule has 0 spiro atoms. The lowest BCUT2D eigenvalue weighted by Gasteiger charge is -2.37. The molecule has 2 aromatic heterocycles. The van der Waals surface area contributed by atoms with Crippen molar-refractivity contribution in [3.05, 3.63) is 55.0 Å². The highest BCUT2D eigenvalue weighted by molar-refractivity contribution is 5.97. The summed E-state index contributed by atoms with van der Waals surface area (Å²) in [4.78, 5) is 26.2. The Morgan fingerprint density at radius 2 is 1.86 bits per heavy atom. The number of fused-ring (bicyclic) bond motifs is 1. The Labute approximate surface area is 210 Å². The molecule has 1 saturated heterocycles. The van der Waals surface area contributed by atoms with Crippen molar-refractivity contribution in [3.8, 4) is 34.0 Å². The zero-order valence-electron chi connectivity index (χ0n) is 21.0. The Kier molecular flexibility index (Phi) is 6.56. The van der Waals surface area contributed by atoms with Gasteiger partial charge in [-0.1, -0.05) is 30.3 Å². The van der Waals surface area contributed by atoms with Crippen LogP contribution in [0.2, 0.25) is 0 Å². The molecule has 9 nitrogen and oxygen atoms in total. The van der Waals surface area contributed by atoms with Gasteiger partial charge in [-0.2, -0.15) is 5.10 Å². The first-order valence-corrected chi connectivity index (χ1v) is 12.1. The number of likely N-dealkylation sites (N-methyl/N-ethyl adjacent to an activating group) is 1. The number of aryl methyl sites for hydroxylation is 1. The van der Waals surface area contributed by atoms with Crippen LogP contribution in [-0.2, 0) is 7.05 Å². The van der Waals surface area contributed by atoms with E-state index in [1.54, 1.807) is 21.7 Å². The smallest absolute Gasteiger partial charge is 0.415 e. The zero-order chi connectivity index (χ0) is 25.2. The van der Waals surface area contributed by atoms with E-state index in [1.165, 1.54) is 6.33 Å². The fourth-order valence-electron chi connectivity index (χ4n) is 4.66. The fourth-order valence-corrected chi connectivity index (χ4v) is 4.66. The van der Waals surface area contributed by atoms with Crippen LogP contribution >= 0.6 is 0 Å². The third-order valence-corrected chi connectivity index (χ3v) is 6.39. The molecule has 1 amide bonds. The van der Waals surface area contributed by atoms with Crippen molar-refractivity contribution in [2.24, 2.45) is 7.05 Å². The standard InChI is InChI=1S/C27H30N6O3/c1-5-35-23-14-22-20(13-24(23)36-27(34)33-12-11-31(3)15-18(33)2)26(29-17-28-22)21-16-32(4)30-25(21)19-9-7-6-8-10-19/h6-10,13-14,16-18H,5,11-12,15H2,1-4H3. The number of rotatable bonds is 5. The maximum atomic E-state index is 13.2. The van der Waals surface area contributed by atoms with E-state index in [1.807, 2.05) is 57.4 Å². The predicted octanol–water partition coefficient (Wildman–Crippen LogP) is 4.23. The fraction of sp³-hybridized carbons (Fsp3) is 0.333. The minimum absolute atomic E-state index is 0.0509. The van der Waals surface area contributed by atoms with Gasteiger partial charge in [-0.15, -0.1) is 0 Å². The molecule has 0 radical (unpaired) electrons. The van der Waals surface area contributed by atoms with E-state index in [0.29, 0.717) is 35.9 Å². The molecule has 2 aromatic carbocycles. The number of nitrogens with zero attached hydrogens (tertiary/aromatic N) is 6. The van der Waals surface area contributed by atoms with Gasteiger partial charge < -0.3 is 19.3 Å². The number of hydrogen-bond donors (Lipinski definition) is 0. The van der Waals surface area contributed by atoms with Gasteiger partial charge in [0.2, 0.25) is 0 Å². The topological polar surface area (TPSA) is 85.6 Å². The Morgan fingerprint density at radius 3 is 2.61 bits per heavy atom. The minimum atomic E-state index is -0.388. The van der Waals surface area contributed by atoms with Crippen LogP contribution in [0, 0.1) is 0 Å².